The molecule has 1 aromatic carbocycles. The van der Waals surface area contributed by atoms with Crippen LogP contribution in [0.25, 0.3) is 4.96 Å². The third-order valence-corrected chi connectivity index (χ3v) is 7.35. The molecule has 182 valence electrons. The summed E-state index contributed by atoms with van der Waals surface area (Å²) in [5.74, 6) is -0.647. The third kappa shape index (κ3) is 4.14. The van der Waals surface area contributed by atoms with Crippen LogP contribution in [0.1, 0.15) is 18.2 Å². The van der Waals surface area contributed by atoms with Crippen LogP contribution in [0, 0.1) is 13.8 Å². The van der Waals surface area contributed by atoms with Crippen LogP contribution in [0.5, 0.6) is 0 Å². The molecule has 0 N–H and O–H groups in total. The first-order valence-corrected chi connectivity index (χ1v) is 12.2. The number of carbonyl (C=O) groups excluding carboxylic acids is 3. The normalized spacial score (nSPS) is 18.8. The van der Waals surface area contributed by atoms with Crippen molar-refractivity contribution in [2.45, 2.75) is 26.8 Å². The molecule has 4 heterocycles. The molecule has 2 aromatic heterocycles. The van der Waals surface area contributed by atoms with E-state index in [1.807, 2.05) is 24.0 Å². The van der Waals surface area contributed by atoms with Gasteiger partial charge in [0.2, 0.25) is 16.0 Å². The molecule has 4 amide bonds. The Hall–Kier alpha value is -3.80. The molecule has 0 aliphatic carbocycles. The molecule has 2 saturated heterocycles. The average Bonchev–Trinajstić information content (AvgIpc) is 3.35. The van der Waals surface area contributed by atoms with Crippen LogP contribution >= 0.6 is 11.3 Å². The number of fused-ring (bicyclic) bond motifs is 1. The largest absolute Gasteiger partial charge is 0.343 e. The van der Waals surface area contributed by atoms with Gasteiger partial charge in [0, 0.05) is 43.6 Å². The van der Waals surface area contributed by atoms with E-state index in [1.165, 1.54) is 22.3 Å². The number of rotatable bonds is 4. The van der Waals surface area contributed by atoms with Crippen LogP contribution in [-0.4, -0.2) is 81.0 Å². The van der Waals surface area contributed by atoms with Gasteiger partial charge in [-0.15, -0.1) is 5.10 Å². The lowest BCUT2D eigenvalue weighted by molar-refractivity contribution is -0.137. The van der Waals surface area contributed by atoms with E-state index in [1.54, 1.807) is 35.4 Å². The fourth-order valence-corrected chi connectivity index (χ4v) is 5.37. The fourth-order valence-electron chi connectivity index (χ4n) is 4.36. The predicted octanol–water partition coefficient (Wildman–Crippen LogP) is 1.27. The Morgan fingerprint density at radius 2 is 1.74 bits per heavy atom. The Bertz CT molecular complexity index is 1370. The molecule has 1 unspecified atom stereocenters. The van der Waals surface area contributed by atoms with Crippen molar-refractivity contribution >= 4 is 45.0 Å². The summed E-state index contributed by atoms with van der Waals surface area (Å²) in [5.41, 5.74) is 2.10. The van der Waals surface area contributed by atoms with Gasteiger partial charge in [-0.2, -0.15) is 4.98 Å². The number of aryl methyl sites for hydroxylation is 2. The van der Waals surface area contributed by atoms with Crippen molar-refractivity contribution in [3.05, 3.63) is 51.9 Å². The number of aromatic nitrogens is 3. The van der Waals surface area contributed by atoms with Crippen LogP contribution in [0.4, 0.5) is 15.6 Å². The maximum absolute atomic E-state index is 13.0. The number of nitrogens with zero attached hydrogens (tertiary/aromatic N) is 7. The second-order valence-electron chi connectivity index (χ2n) is 8.77. The van der Waals surface area contributed by atoms with Crippen LogP contribution in [0.2, 0.25) is 0 Å². The van der Waals surface area contributed by atoms with E-state index >= 15 is 0 Å². The molecule has 0 spiro atoms. The smallest absolute Gasteiger partial charge is 0.332 e. The molecule has 2 aliphatic rings. The van der Waals surface area contributed by atoms with Gasteiger partial charge in [0.05, 0.1) is 0 Å². The van der Waals surface area contributed by atoms with E-state index < -0.39 is 12.1 Å². The topological polar surface area (TPSA) is 111 Å². The fraction of sp³-hybridized carbons (Fsp3) is 0.391. The summed E-state index contributed by atoms with van der Waals surface area (Å²) in [7, 11) is 0. The zero-order valence-corrected chi connectivity index (χ0v) is 20.5. The lowest BCUT2D eigenvalue weighted by Gasteiger charge is -2.34. The highest BCUT2D eigenvalue weighted by molar-refractivity contribution is 7.20. The average molecular weight is 496 g/mol. The SMILES string of the molecule is Cc1ccc(N2C(=O)N(CC(=O)N3CCN(c4nn5c(C)cc(=O)nc5s4)CC3)C(=O)C2C)cc1. The molecule has 2 aliphatic heterocycles. The maximum atomic E-state index is 13.0. The molecule has 0 bridgehead atoms. The number of imide groups is 1. The third-order valence-electron chi connectivity index (χ3n) is 6.38. The van der Waals surface area contributed by atoms with Crippen molar-refractivity contribution in [1.29, 1.82) is 0 Å². The Labute approximate surface area is 205 Å². The standard InChI is InChI=1S/C23H25N7O4S/c1-14-4-6-17(7-5-14)29-16(3)20(33)28(23(29)34)13-19(32)26-8-10-27(11-9-26)22-25-30-15(2)12-18(31)24-21(30)35-22/h4-7,12,16H,8-11,13H2,1-3H3. The van der Waals surface area contributed by atoms with Crippen LogP contribution < -0.4 is 15.4 Å². The first kappa shape index (κ1) is 23.0. The number of piperazine rings is 1. The van der Waals surface area contributed by atoms with Crippen molar-refractivity contribution in [3.63, 3.8) is 0 Å². The van der Waals surface area contributed by atoms with Gasteiger partial charge >= 0.3 is 6.03 Å². The molecule has 35 heavy (non-hydrogen) atoms. The lowest BCUT2D eigenvalue weighted by atomic mass is 10.2. The van der Waals surface area contributed by atoms with Crippen molar-refractivity contribution in [2.75, 3.05) is 42.5 Å². The van der Waals surface area contributed by atoms with Crippen LogP contribution in [-0.2, 0) is 9.59 Å². The van der Waals surface area contributed by atoms with Crippen molar-refractivity contribution < 1.29 is 14.4 Å². The van der Waals surface area contributed by atoms with Crippen molar-refractivity contribution in [3.8, 4) is 0 Å². The molecule has 5 rings (SSSR count). The van der Waals surface area contributed by atoms with E-state index in [-0.39, 0.29) is 23.9 Å². The molecule has 2 fully saturated rings. The summed E-state index contributed by atoms with van der Waals surface area (Å²) in [6, 6.07) is 7.66. The van der Waals surface area contributed by atoms with Crippen LogP contribution in [0.3, 0.4) is 0 Å². The van der Waals surface area contributed by atoms with E-state index in [9.17, 15) is 19.2 Å². The summed E-state index contributed by atoms with van der Waals surface area (Å²) in [5, 5.41) is 5.28. The monoisotopic (exact) mass is 495 g/mol. The van der Waals surface area contributed by atoms with Crippen molar-refractivity contribution in [1.82, 2.24) is 24.4 Å². The molecule has 12 heteroatoms. The summed E-state index contributed by atoms with van der Waals surface area (Å²) < 4.78 is 1.64. The highest BCUT2D eigenvalue weighted by Crippen LogP contribution is 2.27. The minimum absolute atomic E-state index is 0.267. The molecular formula is C23H25N7O4S. The van der Waals surface area contributed by atoms with Crippen LogP contribution in [0.15, 0.2) is 35.1 Å². The van der Waals surface area contributed by atoms with Gasteiger partial charge < -0.3 is 9.80 Å². The molecule has 3 aromatic rings. The Morgan fingerprint density at radius 3 is 2.43 bits per heavy atom. The van der Waals surface area contributed by atoms with Gasteiger partial charge in [-0.3, -0.25) is 24.2 Å². The van der Waals surface area contributed by atoms with E-state index in [0.29, 0.717) is 42.5 Å². The first-order chi connectivity index (χ1) is 16.7. The molecule has 1 atom stereocenters. The zero-order chi connectivity index (χ0) is 24.9. The molecule has 0 radical (unpaired) electrons. The Kier molecular flexibility index (Phi) is 5.75. The highest BCUT2D eigenvalue weighted by Gasteiger charge is 2.44. The van der Waals surface area contributed by atoms with Gasteiger partial charge in [0.25, 0.3) is 11.5 Å². The Morgan fingerprint density at radius 1 is 1.06 bits per heavy atom. The number of anilines is 2. The van der Waals surface area contributed by atoms with Crippen molar-refractivity contribution in [2.24, 2.45) is 0 Å². The number of hydrogen-bond donors (Lipinski definition) is 0. The van der Waals surface area contributed by atoms with E-state index in [4.69, 9.17) is 0 Å². The second kappa shape index (κ2) is 8.77. The second-order valence-corrected chi connectivity index (χ2v) is 9.71. The van der Waals surface area contributed by atoms with Gasteiger partial charge in [-0.25, -0.2) is 9.31 Å². The van der Waals surface area contributed by atoms with Gasteiger partial charge in [0.1, 0.15) is 12.6 Å². The summed E-state index contributed by atoms with van der Waals surface area (Å²) in [6.07, 6.45) is 0. The van der Waals surface area contributed by atoms with Gasteiger partial charge in [-0.05, 0) is 32.9 Å². The number of carbonyl (C=O) groups is 3. The summed E-state index contributed by atoms with van der Waals surface area (Å²) in [4.78, 5) is 61.2. The molecule has 11 nitrogen and oxygen atoms in total. The minimum atomic E-state index is -0.668. The first-order valence-electron chi connectivity index (χ1n) is 11.3. The lowest BCUT2D eigenvalue weighted by Crippen LogP contribution is -2.52. The molecular weight excluding hydrogens is 470 g/mol. The predicted molar refractivity (Wildman–Crippen MR) is 131 cm³/mol. The maximum Gasteiger partial charge on any atom is 0.332 e. The number of urea groups is 1. The molecule has 0 saturated carbocycles. The quantitative estimate of drug-likeness (QED) is 0.501. The number of amides is 4. The number of benzene rings is 1. The minimum Gasteiger partial charge on any atom is -0.343 e. The van der Waals surface area contributed by atoms with Gasteiger partial charge in [-0.1, -0.05) is 29.0 Å². The van der Waals surface area contributed by atoms with E-state index in [0.717, 1.165) is 15.6 Å². The van der Waals surface area contributed by atoms with Gasteiger partial charge in [0.15, 0.2) is 0 Å². The summed E-state index contributed by atoms with van der Waals surface area (Å²) >= 11 is 1.33. The Balaban J connectivity index is 1.23. The zero-order valence-electron chi connectivity index (χ0n) is 19.7. The number of hydrogen-bond acceptors (Lipinski definition) is 8. The summed E-state index contributed by atoms with van der Waals surface area (Å²) in [6.45, 7) is 7.11. The van der Waals surface area contributed by atoms with E-state index in [2.05, 4.69) is 10.1 Å². The highest BCUT2D eigenvalue weighted by atomic mass is 32.1.